The van der Waals surface area contributed by atoms with Crippen molar-refractivity contribution in [2.24, 2.45) is 0 Å². The van der Waals surface area contributed by atoms with Crippen LogP contribution in [0.2, 0.25) is 0 Å². The van der Waals surface area contributed by atoms with Crippen LogP contribution in [0.15, 0.2) is 117 Å². The molecule has 5 rings (SSSR count). The zero-order valence-corrected chi connectivity index (χ0v) is 27.1. The van der Waals surface area contributed by atoms with Crippen LogP contribution in [0.4, 0.5) is 0 Å². The Hall–Kier alpha value is -4.35. The van der Waals surface area contributed by atoms with Crippen LogP contribution in [-0.4, -0.2) is 18.2 Å². The third-order valence-corrected chi connectivity index (χ3v) is 7.43. The number of hydrogen-bond donors (Lipinski definition) is 1. The van der Waals surface area contributed by atoms with Gasteiger partial charge in [0.25, 0.3) is 0 Å². The van der Waals surface area contributed by atoms with Gasteiger partial charge in [0.2, 0.25) is 0 Å². The van der Waals surface area contributed by atoms with Gasteiger partial charge in [0.1, 0.15) is 11.5 Å². The Labute approximate surface area is 272 Å². The maximum Gasteiger partial charge on any atom is 0.169 e. The number of fused-ring (bicyclic) bond motifs is 1. The van der Waals surface area contributed by atoms with Crippen molar-refractivity contribution in [2.45, 2.75) is 39.2 Å². The maximum atomic E-state index is 6.38. The van der Waals surface area contributed by atoms with Gasteiger partial charge in [-0.25, -0.2) is 4.57 Å². The average molecular weight is 650 g/mol. The zero-order chi connectivity index (χ0) is 29.9. The van der Waals surface area contributed by atoms with Crippen LogP contribution in [0, 0.1) is 0 Å². The van der Waals surface area contributed by atoms with E-state index in [-0.39, 0.29) is 17.0 Å². The van der Waals surface area contributed by atoms with Crippen molar-refractivity contribution in [3.8, 4) is 22.6 Å². The third-order valence-electron chi connectivity index (χ3n) is 7.43. The van der Waals surface area contributed by atoms with Crippen molar-refractivity contribution in [1.82, 2.24) is 4.98 Å². The topological polar surface area (TPSA) is 38.1 Å². The number of H-pyrrole nitrogens is 1. The molecule has 0 fully saturated rings. The summed E-state index contributed by atoms with van der Waals surface area (Å²) in [4.78, 5) is 3.33. The van der Waals surface area contributed by atoms with E-state index in [1.54, 1.807) is 0 Å². The molecule has 0 aliphatic rings. The van der Waals surface area contributed by atoms with Crippen molar-refractivity contribution in [1.29, 1.82) is 0 Å². The summed E-state index contributed by atoms with van der Waals surface area (Å²) >= 11 is 0. The molecular formula is C39H41BrN2O2. The molecule has 0 amide bonds. The van der Waals surface area contributed by atoms with Crippen molar-refractivity contribution in [3.63, 3.8) is 0 Å². The molecule has 2 aromatic heterocycles. The Balaban J connectivity index is 0.00000442. The molecule has 2 heterocycles. The summed E-state index contributed by atoms with van der Waals surface area (Å²) in [6, 6.07) is 25.5. The summed E-state index contributed by atoms with van der Waals surface area (Å²) in [5.74, 6) is 1.81. The second kappa shape index (κ2) is 16.5. The van der Waals surface area contributed by atoms with Gasteiger partial charge in [-0.1, -0.05) is 61.6 Å². The van der Waals surface area contributed by atoms with Crippen LogP contribution in [0.25, 0.3) is 34.2 Å². The number of nitrogens with zero attached hydrogens (tertiary/aromatic N) is 1. The van der Waals surface area contributed by atoms with Crippen molar-refractivity contribution in [2.75, 3.05) is 13.2 Å². The summed E-state index contributed by atoms with van der Waals surface area (Å²) in [6.45, 7) is 12.2. The SMILES string of the molecule is C=CCc1ccc(OCCC[n+]2ccc(/C=C/c3c[nH]c4ccccc34)cc2)c(-c2ccc(OCCC)c(CC=C)c2)c1.[Br-]. The van der Waals surface area contributed by atoms with Crippen LogP contribution in [0.5, 0.6) is 11.5 Å². The molecular weight excluding hydrogens is 608 g/mol. The number of pyridine rings is 1. The zero-order valence-electron chi connectivity index (χ0n) is 25.5. The minimum absolute atomic E-state index is 0. The lowest BCUT2D eigenvalue weighted by molar-refractivity contribution is -0.697. The molecule has 3 aromatic carbocycles. The first-order valence-corrected chi connectivity index (χ1v) is 15.2. The Morgan fingerprint density at radius 3 is 2.39 bits per heavy atom. The highest BCUT2D eigenvalue weighted by Gasteiger charge is 2.12. The molecule has 0 atom stereocenters. The van der Waals surface area contributed by atoms with Gasteiger partial charge in [-0.3, -0.25) is 0 Å². The summed E-state index contributed by atoms with van der Waals surface area (Å²) in [5, 5.41) is 1.23. The van der Waals surface area contributed by atoms with Crippen LogP contribution >= 0.6 is 0 Å². The van der Waals surface area contributed by atoms with Gasteiger partial charge in [0, 0.05) is 41.2 Å². The Morgan fingerprint density at radius 2 is 1.59 bits per heavy atom. The minimum atomic E-state index is 0. The fourth-order valence-corrected chi connectivity index (χ4v) is 5.21. The molecule has 226 valence electrons. The van der Waals surface area contributed by atoms with E-state index in [2.05, 4.69) is 133 Å². The number of hydrogen-bond acceptors (Lipinski definition) is 2. The molecule has 44 heavy (non-hydrogen) atoms. The fourth-order valence-electron chi connectivity index (χ4n) is 5.21. The number of nitrogens with one attached hydrogen (secondary N) is 1. The molecule has 5 aromatic rings. The molecule has 5 heteroatoms. The smallest absolute Gasteiger partial charge is 0.169 e. The van der Waals surface area contributed by atoms with E-state index < -0.39 is 0 Å². The van der Waals surface area contributed by atoms with Gasteiger partial charge in [0.15, 0.2) is 18.9 Å². The number of ether oxygens (including phenoxy) is 2. The summed E-state index contributed by atoms with van der Waals surface area (Å²) in [5.41, 5.74) is 8.07. The van der Waals surface area contributed by atoms with E-state index in [1.165, 1.54) is 22.1 Å². The number of rotatable bonds is 15. The van der Waals surface area contributed by atoms with Gasteiger partial charge in [-0.2, -0.15) is 0 Å². The number of halogens is 1. The summed E-state index contributed by atoms with van der Waals surface area (Å²) in [7, 11) is 0. The van der Waals surface area contributed by atoms with Crippen LogP contribution < -0.4 is 31.0 Å². The van der Waals surface area contributed by atoms with Gasteiger partial charge in [-0.05, 0) is 77.4 Å². The van der Waals surface area contributed by atoms with Gasteiger partial charge < -0.3 is 31.4 Å². The first-order chi connectivity index (χ1) is 21.2. The first kappa shape index (κ1) is 32.6. The molecule has 0 saturated carbocycles. The number of para-hydroxylation sites is 1. The number of aromatic amines is 1. The Bertz CT molecular complexity index is 1700. The second-order valence-electron chi connectivity index (χ2n) is 10.7. The molecule has 0 aliphatic carbocycles. The lowest BCUT2D eigenvalue weighted by Gasteiger charge is -2.16. The molecule has 4 nitrogen and oxygen atoms in total. The molecule has 0 unspecified atom stereocenters. The minimum Gasteiger partial charge on any atom is -1.00 e. The van der Waals surface area contributed by atoms with Gasteiger partial charge >= 0.3 is 0 Å². The molecule has 0 saturated heterocycles. The maximum absolute atomic E-state index is 6.38. The van der Waals surface area contributed by atoms with Crippen molar-refractivity contribution < 1.29 is 31.0 Å². The first-order valence-electron chi connectivity index (χ1n) is 15.2. The second-order valence-corrected chi connectivity index (χ2v) is 10.7. The van der Waals surface area contributed by atoms with Gasteiger partial charge in [-0.15, -0.1) is 13.2 Å². The highest BCUT2D eigenvalue weighted by atomic mass is 79.9. The van der Waals surface area contributed by atoms with E-state index in [0.717, 1.165) is 65.9 Å². The fraction of sp³-hybridized carbons (Fsp3) is 0.205. The number of allylic oxidation sites excluding steroid dienone is 2. The van der Waals surface area contributed by atoms with E-state index in [9.17, 15) is 0 Å². The van der Waals surface area contributed by atoms with Gasteiger partial charge in [0.05, 0.1) is 13.2 Å². The summed E-state index contributed by atoms with van der Waals surface area (Å²) < 4.78 is 14.6. The van der Waals surface area contributed by atoms with Crippen molar-refractivity contribution in [3.05, 3.63) is 139 Å². The highest BCUT2D eigenvalue weighted by Crippen LogP contribution is 2.35. The standard InChI is InChI=1S/C39H40N2O2.BrH/c1-4-10-31-15-18-39(36(27-31)32-17-19-38(42-25-6-3)33(28-32)11-5-2)43-26-9-22-41-23-20-30(21-24-41)14-16-34-29-40-37-13-8-7-12-35(34)37;/h4-5,7-8,12-21,23-24,27-29H,1-2,6,9-11,22,25-26H2,3H3;1H. The quantitative estimate of drug-likeness (QED) is 0.0858. The number of benzene rings is 3. The Kier molecular flexibility index (Phi) is 12.2. The Morgan fingerprint density at radius 1 is 0.818 bits per heavy atom. The molecule has 1 N–H and O–H groups in total. The predicted octanol–water partition coefficient (Wildman–Crippen LogP) is 6.01. The third kappa shape index (κ3) is 8.39. The van der Waals surface area contributed by atoms with E-state index in [1.807, 2.05) is 12.2 Å². The normalized spacial score (nSPS) is 10.9. The summed E-state index contributed by atoms with van der Waals surface area (Å²) in [6.07, 6.45) is 17.9. The highest BCUT2D eigenvalue weighted by molar-refractivity contribution is 5.91. The molecule has 0 spiro atoms. The van der Waals surface area contributed by atoms with Crippen molar-refractivity contribution >= 4 is 23.1 Å². The molecule has 0 bridgehead atoms. The van der Waals surface area contributed by atoms with Crippen LogP contribution in [-0.2, 0) is 19.4 Å². The number of aryl methyl sites for hydroxylation is 1. The number of aromatic nitrogens is 2. The average Bonchev–Trinajstić information content (AvgIpc) is 3.46. The lowest BCUT2D eigenvalue weighted by atomic mass is 9.97. The lowest BCUT2D eigenvalue weighted by Crippen LogP contribution is -3.00. The van der Waals surface area contributed by atoms with Crippen LogP contribution in [0.1, 0.15) is 42.0 Å². The van der Waals surface area contributed by atoms with E-state index in [0.29, 0.717) is 13.2 Å². The largest absolute Gasteiger partial charge is 1.00 e. The molecule has 0 aliphatic heterocycles. The van der Waals surface area contributed by atoms with Crippen LogP contribution in [0.3, 0.4) is 0 Å². The monoisotopic (exact) mass is 648 g/mol. The van der Waals surface area contributed by atoms with E-state index in [4.69, 9.17) is 9.47 Å². The predicted molar refractivity (Wildman–Crippen MR) is 179 cm³/mol. The molecule has 0 radical (unpaired) electrons. The van der Waals surface area contributed by atoms with E-state index >= 15 is 0 Å².